The van der Waals surface area contributed by atoms with E-state index in [1.54, 1.807) is 18.4 Å². The third-order valence-corrected chi connectivity index (χ3v) is 4.65. The Hall–Kier alpha value is -2.88. The summed E-state index contributed by atoms with van der Waals surface area (Å²) in [4.78, 5) is 24.3. The Morgan fingerprint density at radius 3 is 2.42 bits per heavy atom. The molecular weight excluding hydrogens is 328 g/mol. The lowest BCUT2D eigenvalue weighted by molar-refractivity contribution is -0.141. The van der Waals surface area contributed by atoms with E-state index in [2.05, 4.69) is 6.92 Å². The van der Waals surface area contributed by atoms with Crippen LogP contribution in [0.1, 0.15) is 39.5 Å². The van der Waals surface area contributed by atoms with Crippen molar-refractivity contribution in [3.05, 3.63) is 70.5 Å². The Kier molecular flexibility index (Phi) is 5.21. The first-order chi connectivity index (χ1) is 12.5. The number of esters is 1. The van der Waals surface area contributed by atoms with Gasteiger partial charge in [0, 0.05) is 16.5 Å². The molecule has 0 amide bonds. The van der Waals surface area contributed by atoms with Gasteiger partial charge in [0.25, 0.3) is 0 Å². The summed E-state index contributed by atoms with van der Waals surface area (Å²) in [5.74, 6) is -0.644. The van der Waals surface area contributed by atoms with Crippen molar-refractivity contribution in [3.63, 3.8) is 0 Å². The van der Waals surface area contributed by atoms with E-state index in [4.69, 9.17) is 9.15 Å². The van der Waals surface area contributed by atoms with E-state index >= 15 is 0 Å². The third-order valence-electron chi connectivity index (χ3n) is 4.65. The molecule has 3 rings (SSSR count). The second kappa shape index (κ2) is 7.56. The van der Waals surface area contributed by atoms with Crippen LogP contribution in [0.3, 0.4) is 0 Å². The number of hydrogen-bond donors (Lipinski definition) is 0. The molecule has 0 atom stereocenters. The Bertz CT molecular complexity index is 948. The second-order valence-electron chi connectivity index (χ2n) is 6.50. The van der Waals surface area contributed by atoms with E-state index in [1.165, 1.54) is 0 Å². The van der Waals surface area contributed by atoms with Gasteiger partial charge in [-0.3, -0.25) is 9.59 Å². The lowest BCUT2D eigenvalue weighted by Gasteiger charge is -2.05. The second-order valence-corrected chi connectivity index (χ2v) is 6.50. The van der Waals surface area contributed by atoms with Gasteiger partial charge in [-0.15, -0.1) is 0 Å². The Morgan fingerprint density at radius 1 is 1.04 bits per heavy atom. The number of Topliss-reactive ketones (excluding diaryl/α,β-unsaturated/α-hetero) is 1. The van der Waals surface area contributed by atoms with E-state index in [1.807, 2.05) is 38.1 Å². The fourth-order valence-electron chi connectivity index (χ4n) is 2.84. The summed E-state index contributed by atoms with van der Waals surface area (Å²) in [6.07, 6.45) is 2.58. The van der Waals surface area contributed by atoms with Gasteiger partial charge >= 0.3 is 5.97 Å². The molecule has 0 aliphatic rings. The fraction of sp³-hybridized carbons (Fsp3) is 0.273. The summed E-state index contributed by atoms with van der Waals surface area (Å²) in [6, 6.07) is 11.3. The molecule has 0 aliphatic carbocycles. The minimum atomic E-state index is -0.440. The summed E-state index contributed by atoms with van der Waals surface area (Å²) in [5, 5.41) is 0.909. The van der Waals surface area contributed by atoms with Crippen molar-refractivity contribution in [2.24, 2.45) is 0 Å². The quantitative estimate of drug-likeness (QED) is 0.482. The van der Waals surface area contributed by atoms with Crippen molar-refractivity contribution < 1.29 is 18.7 Å². The summed E-state index contributed by atoms with van der Waals surface area (Å²) < 4.78 is 10.7. The molecule has 0 radical (unpaired) electrons. The number of rotatable bonds is 6. The average molecular weight is 350 g/mol. The highest BCUT2D eigenvalue weighted by Crippen LogP contribution is 2.25. The van der Waals surface area contributed by atoms with Gasteiger partial charge in [0.1, 0.15) is 5.58 Å². The zero-order chi connectivity index (χ0) is 18.7. The summed E-state index contributed by atoms with van der Waals surface area (Å²) in [7, 11) is 0. The monoisotopic (exact) mass is 350 g/mol. The van der Waals surface area contributed by atoms with Gasteiger partial charge in [0.2, 0.25) is 0 Å². The molecule has 4 heteroatoms. The van der Waals surface area contributed by atoms with Crippen LogP contribution >= 0.6 is 0 Å². The van der Waals surface area contributed by atoms with Gasteiger partial charge in [-0.25, -0.2) is 0 Å². The van der Waals surface area contributed by atoms with Crippen molar-refractivity contribution in [3.8, 4) is 0 Å². The van der Waals surface area contributed by atoms with Crippen LogP contribution in [0.4, 0.5) is 0 Å². The van der Waals surface area contributed by atoms with Gasteiger partial charge in [-0.05, 0) is 49.1 Å². The van der Waals surface area contributed by atoms with Crippen molar-refractivity contribution in [2.75, 3.05) is 6.61 Å². The van der Waals surface area contributed by atoms with E-state index in [0.29, 0.717) is 5.56 Å². The molecule has 0 N–H and O–H groups in total. The van der Waals surface area contributed by atoms with Gasteiger partial charge in [0.15, 0.2) is 12.4 Å². The number of furan rings is 1. The average Bonchev–Trinajstić information content (AvgIpc) is 3.01. The number of fused-ring (bicyclic) bond motifs is 1. The number of hydrogen-bond acceptors (Lipinski definition) is 4. The molecule has 0 fully saturated rings. The molecule has 26 heavy (non-hydrogen) atoms. The van der Waals surface area contributed by atoms with Gasteiger partial charge in [-0.1, -0.05) is 31.2 Å². The lowest BCUT2D eigenvalue weighted by atomic mass is 10.0. The first kappa shape index (κ1) is 17.9. The molecule has 4 nitrogen and oxygen atoms in total. The van der Waals surface area contributed by atoms with E-state index in [0.717, 1.165) is 39.6 Å². The van der Waals surface area contributed by atoms with Crippen molar-refractivity contribution >= 4 is 22.7 Å². The fourth-order valence-corrected chi connectivity index (χ4v) is 2.84. The molecule has 1 heterocycles. The van der Waals surface area contributed by atoms with Crippen molar-refractivity contribution in [1.82, 2.24) is 0 Å². The number of carbonyl (C=O) groups excluding carboxylic acids is 2. The SMILES string of the molecule is CCc1ccc(C(=O)COC(=O)Cc2coc3cc(C)c(C)cc23)cc1. The van der Waals surface area contributed by atoms with Crippen LogP contribution in [0.2, 0.25) is 0 Å². The predicted octanol–water partition coefficient (Wildman–Crippen LogP) is 4.58. The van der Waals surface area contributed by atoms with Gasteiger partial charge < -0.3 is 9.15 Å². The molecule has 0 saturated heterocycles. The Balaban J connectivity index is 1.62. The summed E-state index contributed by atoms with van der Waals surface area (Å²) in [5.41, 5.74) is 5.52. The van der Waals surface area contributed by atoms with Crippen LogP contribution in [-0.4, -0.2) is 18.4 Å². The number of ether oxygens (including phenoxy) is 1. The molecule has 3 aromatic rings. The van der Waals surface area contributed by atoms with E-state index in [9.17, 15) is 9.59 Å². The zero-order valence-corrected chi connectivity index (χ0v) is 15.3. The zero-order valence-electron chi connectivity index (χ0n) is 15.3. The normalized spacial score (nSPS) is 10.9. The molecule has 1 aromatic heterocycles. The Labute approximate surface area is 152 Å². The molecule has 0 saturated carbocycles. The number of aryl methyl sites for hydroxylation is 3. The van der Waals surface area contributed by atoms with Gasteiger partial charge in [0.05, 0.1) is 12.7 Å². The number of benzene rings is 2. The highest BCUT2D eigenvalue weighted by Gasteiger charge is 2.14. The van der Waals surface area contributed by atoms with Crippen molar-refractivity contribution in [2.45, 2.75) is 33.6 Å². The first-order valence-corrected chi connectivity index (χ1v) is 8.73. The van der Waals surface area contributed by atoms with E-state index < -0.39 is 5.97 Å². The van der Waals surface area contributed by atoms with E-state index in [-0.39, 0.29) is 18.8 Å². The van der Waals surface area contributed by atoms with Crippen LogP contribution in [0.15, 0.2) is 47.1 Å². The third kappa shape index (κ3) is 3.85. The Morgan fingerprint density at radius 2 is 1.73 bits per heavy atom. The maximum Gasteiger partial charge on any atom is 0.310 e. The summed E-state index contributed by atoms with van der Waals surface area (Å²) >= 11 is 0. The minimum absolute atomic E-state index is 0.0809. The smallest absolute Gasteiger partial charge is 0.310 e. The molecular formula is C22H22O4. The maximum absolute atomic E-state index is 12.1. The van der Waals surface area contributed by atoms with Crippen molar-refractivity contribution in [1.29, 1.82) is 0 Å². The highest BCUT2D eigenvalue weighted by atomic mass is 16.5. The maximum atomic E-state index is 12.1. The highest BCUT2D eigenvalue weighted by molar-refractivity contribution is 5.98. The number of ketones is 1. The van der Waals surface area contributed by atoms with Crippen LogP contribution < -0.4 is 0 Å². The predicted molar refractivity (Wildman–Crippen MR) is 101 cm³/mol. The molecule has 2 aromatic carbocycles. The van der Waals surface area contributed by atoms with Crippen LogP contribution in [0.5, 0.6) is 0 Å². The molecule has 134 valence electrons. The lowest BCUT2D eigenvalue weighted by Crippen LogP contribution is -2.15. The minimum Gasteiger partial charge on any atom is -0.464 e. The molecule has 0 bridgehead atoms. The topological polar surface area (TPSA) is 56.5 Å². The first-order valence-electron chi connectivity index (χ1n) is 8.73. The molecule has 0 spiro atoms. The molecule has 0 unspecified atom stereocenters. The van der Waals surface area contributed by atoms with Crippen LogP contribution in [0.25, 0.3) is 11.0 Å². The van der Waals surface area contributed by atoms with Gasteiger partial charge in [-0.2, -0.15) is 0 Å². The number of carbonyl (C=O) groups is 2. The largest absolute Gasteiger partial charge is 0.464 e. The summed E-state index contributed by atoms with van der Waals surface area (Å²) in [6.45, 7) is 5.84. The van der Waals surface area contributed by atoms with Crippen LogP contribution in [-0.2, 0) is 22.4 Å². The molecule has 0 aliphatic heterocycles. The standard InChI is InChI=1S/C22H22O4/c1-4-16-5-7-17(8-6-16)20(23)13-26-22(24)11-18-12-25-21-10-15(3)14(2)9-19(18)21/h5-10,12H,4,11,13H2,1-3H3. The van der Waals surface area contributed by atoms with Crippen LogP contribution in [0, 0.1) is 13.8 Å².